The molecule has 0 aliphatic carbocycles. The minimum Gasteiger partial charge on any atom is -0.130 e. The summed E-state index contributed by atoms with van der Waals surface area (Å²) in [6.45, 7) is 8.74. The molecule has 0 spiro atoms. The van der Waals surface area contributed by atoms with E-state index in [0.29, 0.717) is 5.92 Å². The van der Waals surface area contributed by atoms with Gasteiger partial charge in [0.05, 0.1) is 0 Å². The highest BCUT2D eigenvalue weighted by Crippen LogP contribution is 2.14. The quantitative estimate of drug-likeness (QED) is 0.524. The molecule has 0 heterocycles. The molecule has 0 saturated carbocycles. The van der Waals surface area contributed by atoms with E-state index in [-0.39, 0.29) is 0 Å². The smallest absolute Gasteiger partial charge is 0.0160 e. The Labute approximate surface area is 64.6 Å². The molecule has 0 saturated heterocycles. The molecule has 0 amide bonds. The first-order valence-corrected chi connectivity index (χ1v) is 4.09. The first-order chi connectivity index (χ1) is 4.72. The van der Waals surface area contributed by atoms with Gasteiger partial charge < -0.3 is 0 Å². The summed E-state index contributed by atoms with van der Waals surface area (Å²) in [5.74, 6) is 1.45. The summed E-state index contributed by atoms with van der Waals surface area (Å²) in [7, 11) is 0. The van der Waals surface area contributed by atoms with Crippen LogP contribution < -0.4 is 0 Å². The van der Waals surface area contributed by atoms with Gasteiger partial charge in [-0.05, 0) is 30.9 Å². The third-order valence-electron chi connectivity index (χ3n) is 2.07. The van der Waals surface area contributed by atoms with Crippen molar-refractivity contribution in [2.45, 2.75) is 34.1 Å². The van der Waals surface area contributed by atoms with Crippen molar-refractivity contribution >= 4 is 0 Å². The largest absolute Gasteiger partial charge is 0.130 e. The molecular weight excluding hydrogens is 120 g/mol. The van der Waals surface area contributed by atoms with E-state index < -0.39 is 0 Å². The van der Waals surface area contributed by atoms with E-state index in [9.17, 15) is 0 Å². The van der Waals surface area contributed by atoms with Crippen molar-refractivity contribution in [2.24, 2.45) is 11.8 Å². The van der Waals surface area contributed by atoms with Crippen molar-refractivity contribution in [3.63, 3.8) is 0 Å². The highest BCUT2D eigenvalue weighted by atomic mass is 14.1. The lowest BCUT2D eigenvalue weighted by Crippen LogP contribution is -2.02. The van der Waals surface area contributed by atoms with Crippen LogP contribution in [0.2, 0.25) is 0 Å². The second kappa shape index (κ2) is 5.32. The van der Waals surface area contributed by atoms with Crippen LogP contribution in [-0.2, 0) is 0 Å². The molecule has 0 fully saturated rings. The lowest BCUT2D eigenvalue weighted by molar-refractivity contribution is 0.447. The average Bonchev–Trinajstić information content (AvgIpc) is 1.98. The maximum Gasteiger partial charge on any atom is -0.0160 e. The van der Waals surface area contributed by atoms with E-state index in [1.165, 1.54) is 6.42 Å². The highest BCUT2D eigenvalue weighted by molar-refractivity contribution is 4.87. The van der Waals surface area contributed by atoms with Gasteiger partial charge in [-0.3, -0.25) is 0 Å². The summed E-state index contributed by atoms with van der Waals surface area (Å²) >= 11 is 0. The summed E-state index contributed by atoms with van der Waals surface area (Å²) in [6, 6.07) is 0. The minimum absolute atomic E-state index is 0.668. The standard InChI is InChI=1S/C10H18/c1-5-7-8-10(4)9(3)6-2/h5,8-10H,6H2,1-4H3. The van der Waals surface area contributed by atoms with Crippen molar-refractivity contribution in [3.8, 4) is 0 Å². The third-order valence-corrected chi connectivity index (χ3v) is 2.07. The average molecular weight is 138 g/mol. The third kappa shape index (κ3) is 3.53. The Hall–Kier alpha value is -0.480. The molecular formula is C10H18. The van der Waals surface area contributed by atoms with Gasteiger partial charge in [-0.25, -0.2) is 0 Å². The van der Waals surface area contributed by atoms with Gasteiger partial charge in [0.2, 0.25) is 0 Å². The number of rotatable bonds is 3. The van der Waals surface area contributed by atoms with Crippen molar-refractivity contribution in [3.05, 3.63) is 17.9 Å². The Balaban J connectivity index is 3.83. The summed E-state index contributed by atoms with van der Waals surface area (Å²) in [4.78, 5) is 0. The Morgan fingerprint density at radius 3 is 2.40 bits per heavy atom. The van der Waals surface area contributed by atoms with Crippen LogP contribution in [0.4, 0.5) is 0 Å². The van der Waals surface area contributed by atoms with Gasteiger partial charge in [-0.15, -0.1) is 5.73 Å². The molecule has 0 aromatic heterocycles. The maximum atomic E-state index is 3.11. The van der Waals surface area contributed by atoms with Gasteiger partial charge in [0, 0.05) is 0 Å². The Morgan fingerprint density at radius 2 is 2.00 bits per heavy atom. The molecule has 0 aromatic rings. The van der Waals surface area contributed by atoms with Crippen LogP contribution in [0.5, 0.6) is 0 Å². The van der Waals surface area contributed by atoms with Crippen LogP contribution in [0, 0.1) is 11.8 Å². The molecule has 0 N–H and O–H groups in total. The van der Waals surface area contributed by atoms with E-state index in [1.54, 1.807) is 0 Å². The SMILES string of the molecule is CC=C=CC(C)C(C)CC. The molecule has 10 heavy (non-hydrogen) atoms. The predicted molar refractivity (Wildman–Crippen MR) is 46.9 cm³/mol. The van der Waals surface area contributed by atoms with Crippen molar-refractivity contribution in [2.75, 3.05) is 0 Å². The number of allylic oxidation sites excluding steroid dienone is 1. The van der Waals surface area contributed by atoms with E-state index >= 15 is 0 Å². The molecule has 0 rings (SSSR count). The van der Waals surface area contributed by atoms with Crippen molar-refractivity contribution in [1.82, 2.24) is 0 Å². The molecule has 0 nitrogen and oxygen atoms in total. The Morgan fingerprint density at radius 1 is 1.40 bits per heavy atom. The molecule has 0 radical (unpaired) electrons. The van der Waals surface area contributed by atoms with Crippen LogP contribution in [0.1, 0.15) is 34.1 Å². The second-order valence-electron chi connectivity index (χ2n) is 2.87. The van der Waals surface area contributed by atoms with E-state index in [2.05, 4.69) is 32.6 Å². The molecule has 0 heteroatoms. The number of hydrogen-bond acceptors (Lipinski definition) is 0. The normalized spacial score (nSPS) is 15.2. The van der Waals surface area contributed by atoms with Crippen LogP contribution >= 0.6 is 0 Å². The highest BCUT2D eigenvalue weighted by Gasteiger charge is 2.04. The molecule has 0 aromatic carbocycles. The van der Waals surface area contributed by atoms with E-state index in [0.717, 1.165) is 5.92 Å². The van der Waals surface area contributed by atoms with Crippen LogP contribution in [0.25, 0.3) is 0 Å². The summed E-state index contributed by atoms with van der Waals surface area (Å²) < 4.78 is 0. The fourth-order valence-corrected chi connectivity index (χ4v) is 0.784. The molecule has 0 bridgehead atoms. The fraction of sp³-hybridized carbons (Fsp3) is 0.700. The Kier molecular flexibility index (Phi) is 5.06. The van der Waals surface area contributed by atoms with E-state index in [4.69, 9.17) is 0 Å². The van der Waals surface area contributed by atoms with E-state index in [1.807, 2.05) is 13.0 Å². The molecule has 58 valence electrons. The zero-order chi connectivity index (χ0) is 7.98. The lowest BCUT2D eigenvalue weighted by Gasteiger charge is -2.11. The maximum absolute atomic E-state index is 3.11. The van der Waals surface area contributed by atoms with Gasteiger partial charge in [0.25, 0.3) is 0 Å². The Bertz CT molecular complexity index is 127. The van der Waals surface area contributed by atoms with Gasteiger partial charge in [0.15, 0.2) is 0 Å². The van der Waals surface area contributed by atoms with Gasteiger partial charge in [0.1, 0.15) is 0 Å². The summed E-state index contributed by atoms with van der Waals surface area (Å²) in [5, 5.41) is 0. The lowest BCUT2D eigenvalue weighted by atomic mass is 9.94. The molecule has 2 atom stereocenters. The topological polar surface area (TPSA) is 0 Å². The van der Waals surface area contributed by atoms with Crippen LogP contribution in [0.3, 0.4) is 0 Å². The van der Waals surface area contributed by atoms with Gasteiger partial charge in [-0.1, -0.05) is 27.2 Å². The number of hydrogen-bond donors (Lipinski definition) is 0. The van der Waals surface area contributed by atoms with Crippen LogP contribution in [-0.4, -0.2) is 0 Å². The van der Waals surface area contributed by atoms with Crippen molar-refractivity contribution < 1.29 is 0 Å². The molecule has 0 aliphatic heterocycles. The monoisotopic (exact) mass is 138 g/mol. The first kappa shape index (κ1) is 9.52. The molecule has 2 unspecified atom stereocenters. The fourth-order valence-electron chi connectivity index (χ4n) is 0.784. The van der Waals surface area contributed by atoms with Gasteiger partial charge in [-0.2, -0.15) is 0 Å². The van der Waals surface area contributed by atoms with Crippen LogP contribution in [0.15, 0.2) is 17.9 Å². The van der Waals surface area contributed by atoms with Gasteiger partial charge >= 0.3 is 0 Å². The second-order valence-corrected chi connectivity index (χ2v) is 2.87. The van der Waals surface area contributed by atoms with Crippen molar-refractivity contribution in [1.29, 1.82) is 0 Å². The zero-order valence-corrected chi connectivity index (χ0v) is 7.52. The first-order valence-electron chi connectivity index (χ1n) is 4.09. The zero-order valence-electron chi connectivity index (χ0n) is 7.52. The summed E-state index contributed by atoms with van der Waals surface area (Å²) in [6.07, 6.45) is 5.36. The predicted octanol–water partition coefficient (Wildman–Crippen LogP) is 3.40. The minimum atomic E-state index is 0.668. The summed E-state index contributed by atoms with van der Waals surface area (Å²) in [5.41, 5.74) is 3.11. The molecule has 0 aliphatic rings.